The summed E-state index contributed by atoms with van der Waals surface area (Å²) in [5, 5.41) is 0. The number of benzene rings is 1. The highest BCUT2D eigenvalue weighted by molar-refractivity contribution is 5.91. The third-order valence-corrected chi connectivity index (χ3v) is 4.02. The van der Waals surface area contributed by atoms with E-state index in [0.29, 0.717) is 12.4 Å². The molecule has 0 radical (unpaired) electrons. The number of piperidine rings is 1. The number of hydrogen-bond acceptors (Lipinski definition) is 3. The summed E-state index contributed by atoms with van der Waals surface area (Å²) in [6.45, 7) is 2.11. The lowest BCUT2D eigenvalue weighted by Gasteiger charge is -2.31. The van der Waals surface area contributed by atoms with Crippen molar-refractivity contribution in [3.63, 3.8) is 0 Å². The van der Waals surface area contributed by atoms with Gasteiger partial charge in [-0.25, -0.2) is 0 Å². The maximum Gasteiger partial charge on any atom is 0.246 e. The fraction of sp³-hybridized carbons (Fsp3) is 0.316. The van der Waals surface area contributed by atoms with Crippen LogP contribution in [-0.2, 0) is 16.1 Å². The van der Waals surface area contributed by atoms with E-state index >= 15 is 0 Å². The monoisotopic (exact) mass is 311 g/mol. The molecule has 3 rings (SSSR count). The van der Waals surface area contributed by atoms with Crippen molar-refractivity contribution >= 4 is 12.0 Å². The zero-order valence-corrected chi connectivity index (χ0v) is 13.1. The van der Waals surface area contributed by atoms with E-state index in [4.69, 9.17) is 9.15 Å². The lowest BCUT2D eigenvalue weighted by Crippen LogP contribution is -2.40. The first-order chi connectivity index (χ1) is 11.3. The molecule has 2 heterocycles. The van der Waals surface area contributed by atoms with Crippen molar-refractivity contribution in [3.05, 3.63) is 66.1 Å². The molecular formula is C19H21NO3. The standard InChI is InChI=1S/C19H21NO3/c21-19(9-8-17-7-4-14-22-17)20-12-10-18(11-13-20)23-15-16-5-2-1-3-6-16/h1-9,14,18H,10-13,15H2/b9-8+. The molecule has 23 heavy (non-hydrogen) atoms. The van der Waals surface area contributed by atoms with Gasteiger partial charge in [-0.1, -0.05) is 30.3 Å². The third kappa shape index (κ3) is 4.57. The second-order valence-corrected chi connectivity index (χ2v) is 5.67. The summed E-state index contributed by atoms with van der Waals surface area (Å²) in [6.07, 6.45) is 6.87. The summed E-state index contributed by atoms with van der Waals surface area (Å²) in [4.78, 5) is 14.0. The molecule has 1 amide bonds. The van der Waals surface area contributed by atoms with Crippen molar-refractivity contribution in [2.24, 2.45) is 0 Å². The SMILES string of the molecule is O=C(/C=C/c1ccco1)N1CCC(OCc2ccccc2)CC1. The van der Waals surface area contributed by atoms with Crippen molar-refractivity contribution in [3.8, 4) is 0 Å². The van der Waals surface area contributed by atoms with Gasteiger partial charge in [0, 0.05) is 19.2 Å². The van der Waals surface area contributed by atoms with Crippen molar-refractivity contribution in [1.29, 1.82) is 0 Å². The molecule has 1 aliphatic heterocycles. The van der Waals surface area contributed by atoms with Crippen LogP contribution in [0.3, 0.4) is 0 Å². The largest absolute Gasteiger partial charge is 0.465 e. The highest BCUT2D eigenvalue weighted by Crippen LogP contribution is 2.16. The van der Waals surface area contributed by atoms with E-state index in [1.807, 2.05) is 29.2 Å². The van der Waals surface area contributed by atoms with Crippen LogP contribution in [0.15, 0.2) is 59.2 Å². The Labute approximate surface area is 136 Å². The molecule has 0 bridgehead atoms. The Morgan fingerprint density at radius 1 is 1.17 bits per heavy atom. The second kappa shape index (κ2) is 7.79. The zero-order chi connectivity index (χ0) is 15.9. The minimum absolute atomic E-state index is 0.0305. The van der Waals surface area contributed by atoms with Crippen molar-refractivity contribution in [2.75, 3.05) is 13.1 Å². The van der Waals surface area contributed by atoms with E-state index in [-0.39, 0.29) is 12.0 Å². The molecule has 1 aromatic carbocycles. The first-order valence-electron chi connectivity index (χ1n) is 7.97. The smallest absolute Gasteiger partial charge is 0.246 e. The van der Waals surface area contributed by atoms with Crippen LogP contribution in [-0.4, -0.2) is 30.0 Å². The van der Waals surface area contributed by atoms with Crippen LogP contribution >= 0.6 is 0 Å². The lowest BCUT2D eigenvalue weighted by molar-refractivity contribution is -0.128. The molecule has 1 fully saturated rings. The molecule has 0 unspecified atom stereocenters. The Morgan fingerprint density at radius 3 is 2.65 bits per heavy atom. The quantitative estimate of drug-likeness (QED) is 0.794. The average molecular weight is 311 g/mol. The van der Waals surface area contributed by atoms with Crippen molar-refractivity contribution in [2.45, 2.75) is 25.6 Å². The van der Waals surface area contributed by atoms with E-state index in [0.717, 1.165) is 25.9 Å². The van der Waals surface area contributed by atoms with Crippen LogP contribution in [0.25, 0.3) is 6.08 Å². The second-order valence-electron chi connectivity index (χ2n) is 5.67. The number of amides is 1. The van der Waals surface area contributed by atoms with Gasteiger partial charge in [0.25, 0.3) is 0 Å². The number of nitrogens with zero attached hydrogens (tertiary/aromatic N) is 1. The normalized spacial score (nSPS) is 16.1. The number of carbonyl (C=O) groups excluding carboxylic acids is 1. The number of likely N-dealkylation sites (tertiary alicyclic amines) is 1. The molecule has 120 valence electrons. The molecule has 2 aromatic rings. The predicted molar refractivity (Wildman–Crippen MR) is 88.6 cm³/mol. The average Bonchev–Trinajstić information content (AvgIpc) is 3.13. The molecule has 4 nitrogen and oxygen atoms in total. The van der Waals surface area contributed by atoms with E-state index in [2.05, 4.69) is 12.1 Å². The number of carbonyl (C=O) groups is 1. The minimum atomic E-state index is 0.0305. The maximum absolute atomic E-state index is 12.1. The number of ether oxygens (including phenoxy) is 1. The molecule has 0 N–H and O–H groups in total. The molecule has 1 aromatic heterocycles. The maximum atomic E-state index is 12.1. The number of hydrogen-bond donors (Lipinski definition) is 0. The summed E-state index contributed by atoms with van der Waals surface area (Å²) >= 11 is 0. The van der Waals surface area contributed by atoms with Crippen molar-refractivity contribution < 1.29 is 13.9 Å². The van der Waals surface area contributed by atoms with Crippen LogP contribution in [0.2, 0.25) is 0 Å². The Kier molecular flexibility index (Phi) is 5.27. The summed E-state index contributed by atoms with van der Waals surface area (Å²) in [5.41, 5.74) is 1.19. The summed E-state index contributed by atoms with van der Waals surface area (Å²) in [6, 6.07) is 13.8. The summed E-state index contributed by atoms with van der Waals surface area (Å²) in [7, 11) is 0. The van der Waals surface area contributed by atoms with Gasteiger partial charge in [0.1, 0.15) is 5.76 Å². The fourth-order valence-corrected chi connectivity index (χ4v) is 2.68. The van der Waals surface area contributed by atoms with Crippen LogP contribution < -0.4 is 0 Å². The highest BCUT2D eigenvalue weighted by atomic mass is 16.5. The number of furan rings is 1. The lowest BCUT2D eigenvalue weighted by atomic mass is 10.1. The van der Waals surface area contributed by atoms with Gasteiger partial charge in [-0.2, -0.15) is 0 Å². The van der Waals surface area contributed by atoms with Gasteiger partial charge in [-0.05, 0) is 36.6 Å². The topological polar surface area (TPSA) is 42.7 Å². The van der Waals surface area contributed by atoms with Gasteiger partial charge >= 0.3 is 0 Å². The molecule has 0 atom stereocenters. The van der Waals surface area contributed by atoms with E-state index in [1.54, 1.807) is 24.5 Å². The molecule has 0 aliphatic carbocycles. The predicted octanol–water partition coefficient (Wildman–Crippen LogP) is 3.50. The van der Waals surface area contributed by atoms with Gasteiger partial charge in [-0.15, -0.1) is 0 Å². The molecule has 1 saturated heterocycles. The minimum Gasteiger partial charge on any atom is -0.465 e. The zero-order valence-electron chi connectivity index (χ0n) is 13.1. The van der Waals surface area contributed by atoms with E-state index in [9.17, 15) is 4.79 Å². The van der Waals surface area contributed by atoms with Gasteiger partial charge in [-0.3, -0.25) is 4.79 Å². The van der Waals surface area contributed by atoms with Crippen LogP contribution in [0.5, 0.6) is 0 Å². The molecule has 0 saturated carbocycles. The summed E-state index contributed by atoms with van der Waals surface area (Å²) < 4.78 is 11.1. The Hall–Kier alpha value is -2.33. The first-order valence-corrected chi connectivity index (χ1v) is 7.97. The van der Waals surface area contributed by atoms with Crippen LogP contribution in [0, 0.1) is 0 Å². The van der Waals surface area contributed by atoms with Gasteiger partial charge in [0.15, 0.2) is 0 Å². The summed E-state index contributed by atoms with van der Waals surface area (Å²) in [5.74, 6) is 0.724. The van der Waals surface area contributed by atoms with Gasteiger partial charge in [0.2, 0.25) is 5.91 Å². The molecule has 4 heteroatoms. The first kappa shape index (κ1) is 15.6. The highest BCUT2D eigenvalue weighted by Gasteiger charge is 2.21. The fourth-order valence-electron chi connectivity index (χ4n) is 2.68. The Morgan fingerprint density at radius 2 is 1.96 bits per heavy atom. The van der Waals surface area contributed by atoms with Gasteiger partial charge in [0.05, 0.1) is 19.0 Å². The molecule has 0 spiro atoms. The van der Waals surface area contributed by atoms with Crippen molar-refractivity contribution in [1.82, 2.24) is 4.90 Å². The van der Waals surface area contributed by atoms with E-state index in [1.165, 1.54) is 5.56 Å². The Bertz CT molecular complexity index is 626. The molecular weight excluding hydrogens is 290 g/mol. The van der Waals surface area contributed by atoms with Crippen LogP contribution in [0.1, 0.15) is 24.2 Å². The number of rotatable bonds is 5. The third-order valence-electron chi connectivity index (χ3n) is 4.02. The van der Waals surface area contributed by atoms with Gasteiger partial charge < -0.3 is 14.1 Å². The van der Waals surface area contributed by atoms with Crippen LogP contribution in [0.4, 0.5) is 0 Å². The Balaban J connectivity index is 1.42. The van der Waals surface area contributed by atoms with E-state index < -0.39 is 0 Å². The molecule has 1 aliphatic rings.